The predicted octanol–water partition coefficient (Wildman–Crippen LogP) is 3.73. The van der Waals surface area contributed by atoms with Crippen LogP contribution in [-0.4, -0.2) is 24.1 Å². The number of hydrogen-bond acceptors (Lipinski definition) is 4. The molecule has 1 N–H and O–H groups in total. The molecule has 0 saturated carbocycles. The summed E-state index contributed by atoms with van der Waals surface area (Å²) in [4.78, 5) is 15.7. The number of amides is 1. The summed E-state index contributed by atoms with van der Waals surface area (Å²) in [6.45, 7) is -0.900. The van der Waals surface area contributed by atoms with Gasteiger partial charge >= 0.3 is 6.61 Å². The number of ether oxygens (including phenoxy) is 2. The lowest BCUT2D eigenvalue weighted by Crippen LogP contribution is -2.07. The van der Waals surface area contributed by atoms with Gasteiger partial charge in [-0.05, 0) is 42.8 Å². The Morgan fingerprint density at radius 2 is 2.00 bits per heavy atom. The molecular weight excluding hydrogens is 318 g/mol. The second kappa shape index (κ2) is 8.61. The van der Waals surface area contributed by atoms with Gasteiger partial charge in [0.1, 0.15) is 0 Å². The Balaban J connectivity index is 2.08. The molecule has 0 radical (unpaired) electrons. The number of carbonyl (C=O) groups excluding carboxylic acids is 1. The molecule has 5 nitrogen and oxygen atoms in total. The Bertz CT molecular complexity index is 706. The average molecular weight is 334 g/mol. The first-order chi connectivity index (χ1) is 11.6. The number of pyridine rings is 1. The fourth-order valence-electron chi connectivity index (χ4n) is 1.88. The smallest absolute Gasteiger partial charge is 0.387 e. The first-order valence-electron chi connectivity index (χ1n) is 7.19. The lowest BCUT2D eigenvalue weighted by molar-refractivity contribution is -0.111. The molecule has 0 bridgehead atoms. The average Bonchev–Trinajstić information content (AvgIpc) is 2.56. The van der Waals surface area contributed by atoms with E-state index in [-0.39, 0.29) is 17.4 Å². The van der Waals surface area contributed by atoms with Gasteiger partial charge in [0.15, 0.2) is 11.5 Å². The van der Waals surface area contributed by atoms with Crippen molar-refractivity contribution < 1.29 is 23.0 Å². The van der Waals surface area contributed by atoms with Gasteiger partial charge in [-0.25, -0.2) is 0 Å². The number of benzene rings is 1. The van der Waals surface area contributed by atoms with Crippen molar-refractivity contribution in [3.63, 3.8) is 0 Å². The van der Waals surface area contributed by atoms with Crippen molar-refractivity contribution in [3.05, 3.63) is 54.4 Å². The third kappa shape index (κ3) is 5.35. The molecule has 1 heterocycles. The van der Waals surface area contributed by atoms with Crippen LogP contribution < -0.4 is 14.8 Å². The lowest BCUT2D eigenvalue weighted by Gasteiger charge is -2.11. The number of alkyl halides is 2. The van der Waals surface area contributed by atoms with E-state index in [1.54, 1.807) is 43.6 Å². The number of halogens is 2. The standard InChI is InChI=1S/C17H16F2N2O3/c1-2-23-15-11-12(3-5-14(15)24-17(18)19)4-6-16(22)21-13-7-9-20-10-8-13/h3-11,17H,2H2,1H3,(H,20,21,22)/b6-4+. The molecule has 1 aromatic carbocycles. The summed E-state index contributed by atoms with van der Waals surface area (Å²) < 4.78 is 34.4. The molecule has 126 valence electrons. The summed E-state index contributed by atoms with van der Waals surface area (Å²) in [7, 11) is 0. The van der Waals surface area contributed by atoms with Crippen molar-refractivity contribution in [2.45, 2.75) is 13.5 Å². The SMILES string of the molecule is CCOc1cc(/C=C/C(=O)Nc2ccncc2)ccc1OC(F)F. The van der Waals surface area contributed by atoms with Crippen LogP contribution in [0, 0.1) is 0 Å². The molecule has 0 fully saturated rings. The van der Waals surface area contributed by atoms with Gasteiger partial charge in [-0.3, -0.25) is 9.78 Å². The molecule has 1 aromatic heterocycles. The number of carbonyl (C=O) groups is 1. The minimum atomic E-state index is -2.93. The Kier molecular flexibility index (Phi) is 6.24. The highest BCUT2D eigenvalue weighted by Crippen LogP contribution is 2.30. The van der Waals surface area contributed by atoms with E-state index in [2.05, 4.69) is 15.0 Å². The highest BCUT2D eigenvalue weighted by atomic mass is 19.3. The second-order valence-electron chi connectivity index (χ2n) is 4.58. The van der Waals surface area contributed by atoms with E-state index in [1.807, 2.05) is 0 Å². The Hall–Kier alpha value is -2.96. The predicted molar refractivity (Wildman–Crippen MR) is 86.1 cm³/mol. The van der Waals surface area contributed by atoms with Gasteiger partial charge in [0, 0.05) is 24.2 Å². The Labute approximate surface area is 137 Å². The van der Waals surface area contributed by atoms with Crippen LogP contribution in [0.5, 0.6) is 11.5 Å². The maximum Gasteiger partial charge on any atom is 0.387 e. The highest BCUT2D eigenvalue weighted by molar-refractivity contribution is 6.01. The molecule has 0 unspecified atom stereocenters. The summed E-state index contributed by atoms with van der Waals surface area (Å²) in [5.41, 5.74) is 1.24. The van der Waals surface area contributed by atoms with Crippen LogP contribution in [0.4, 0.5) is 14.5 Å². The summed E-state index contributed by atoms with van der Waals surface area (Å²) in [5.74, 6) is -0.188. The third-order valence-electron chi connectivity index (χ3n) is 2.86. The van der Waals surface area contributed by atoms with Crippen molar-refractivity contribution in [3.8, 4) is 11.5 Å². The lowest BCUT2D eigenvalue weighted by atomic mass is 10.2. The van der Waals surface area contributed by atoms with Crippen LogP contribution in [-0.2, 0) is 4.79 Å². The van der Waals surface area contributed by atoms with Crippen LogP contribution in [0.2, 0.25) is 0 Å². The molecule has 0 atom stereocenters. The van der Waals surface area contributed by atoms with Crippen LogP contribution in [0.1, 0.15) is 12.5 Å². The quantitative estimate of drug-likeness (QED) is 0.784. The Morgan fingerprint density at radius 1 is 1.25 bits per heavy atom. The molecule has 24 heavy (non-hydrogen) atoms. The van der Waals surface area contributed by atoms with Crippen molar-refractivity contribution in [2.75, 3.05) is 11.9 Å². The first kappa shape index (κ1) is 17.4. The summed E-state index contributed by atoms with van der Waals surface area (Å²) in [6, 6.07) is 7.77. The van der Waals surface area contributed by atoms with Gasteiger partial charge in [0.2, 0.25) is 5.91 Å². The van der Waals surface area contributed by atoms with E-state index in [1.165, 1.54) is 18.2 Å². The number of rotatable bonds is 7. The first-order valence-corrected chi connectivity index (χ1v) is 7.19. The van der Waals surface area contributed by atoms with Gasteiger partial charge in [-0.15, -0.1) is 0 Å². The van der Waals surface area contributed by atoms with Gasteiger partial charge in [-0.1, -0.05) is 6.07 Å². The normalized spacial score (nSPS) is 10.8. The van der Waals surface area contributed by atoms with E-state index in [4.69, 9.17) is 4.74 Å². The third-order valence-corrected chi connectivity index (χ3v) is 2.86. The van der Waals surface area contributed by atoms with Crippen molar-refractivity contribution in [2.24, 2.45) is 0 Å². The van der Waals surface area contributed by atoms with E-state index < -0.39 is 6.61 Å². The van der Waals surface area contributed by atoms with Gasteiger partial charge in [-0.2, -0.15) is 8.78 Å². The van der Waals surface area contributed by atoms with E-state index in [9.17, 15) is 13.6 Å². The molecule has 0 saturated heterocycles. The molecule has 2 rings (SSSR count). The van der Waals surface area contributed by atoms with Crippen LogP contribution in [0.3, 0.4) is 0 Å². The van der Waals surface area contributed by atoms with Crippen LogP contribution in [0.25, 0.3) is 6.08 Å². The van der Waals surface area contributed by atoms with Crippen molar-refractivity contribution in [1.29, 1.82) is 0 Å². The summed E-state index contributed by atoms with van der Waals surface area (Å²) in [5, 5.41) is 2.67. The zero-order chi connectivity index (χ0) is 17.4. The molecule has 0 aliphatic heterocycles. The molecular formula is C17H16F2N2O3. The number of aromatic nitrogens is 1. The van der Waals surface area contributed by atoms with Gasteiger partial charge in [0.05, 0.1) is 6.61 Å². The highest BCUT2D eigenvalue weighted by Gasteiger charge is 2.11. The van der Waals surface area contributed by atoms with E-state index in [0.29, 0.717) is 17.9 Å². The van der Waals surface area contributed by atoms with Crippen LogP contribution >= 0.6 is 0 Å². The monoisotopic (exact) mass is 334 g/mol. The molecule has 0 spiro atoms. The zero-order valence-corrected chi connectivity index (χ0v) is 12.9. The van der Waals surface area contributed by atoms with Crippen molar-refractivity contribution in [1.82, 2.24) is 4.98 Å². The number of anilines is 1. The van der Waals surface area contributed by atoms with E-state index in [0.717, 1.165) is 0 Å². The number of hydrogen-bond donors (Lipinski definition) is 1. The molecule has 0 aliphatic rings. The minimum Gasteiger partial charge on any atom is -0.490 e. The van der Waals surface area contributed by atoms with E-state index >= 15 is 0 Å². The largest absolute Gasteiger partial charge is 0.490 e. The second-order valence-corrected chi connectivity index (χ2v) is 4.58. The topological polar surface area (TPSA) is 60.5 Å². The number of nitrogens with one attached hydrogen (secondary N) is 1. The fourth-order valence-corrected chi connectivity index (χ4v) is 1.88. The van der Waals surface area contributed by atoms with Gasteiger partial charge in [0.25, 0.3) is 0 Å². The fraction of sp³-hybridized carbons (Fsp3) is 0.176. The maximum absolute atomic E-state index is 12.4. The maximum atomic E-state index is 12.4. The zero-order valence-electron chi connectivity index (χ0n) is 12.9. The van der Waals surface area contributed by atoms with Crippen LogP contribution in [0.15, 0.2) is 48.8 Å². The number of nitrogens with zero attached hydrogens (tertiary/aromatic N) is 1. The summed E-state index contributed by atoms with van der Waals surface area (Å²) >= 11 is 0. The summed E-state index contributed by atoms with van der Waals surface area (Å²) in [6.07, 6.45) is 6.01. The van der Waals surface area contributed by atoms with Gasteiger partial charge < -0.3 is 14.8 Å². The molecule has 1 amide bonds. The molecule has 0 aliphatic carbocycles. The molecule has 2 aromatic rings. The minimum absolute atomic E-state index is 0.0507. The molecule has 7 heteroatoms. The Morgan fingerprint density at radius 3 is 2.67 bits per heavy atom. The van der Waals surface area contributed by atoms with Crippen molar-refractivity contribution >= 4 is 17.7 Å².